The molecule has 0 aliphatic carbocycles. The van der Waals surface area contributed by atoms with Gasteiger partial charge in [0.05, 0.1) is 12.7 Å². The number of aromatic nitrogens is 1. The monoisotopic (exact) mass is 261 g/mol. The maximum atomic E-state index is 11.9. The van der Waals surface area contributed by atoms with Crippen LogP contribution in [0.2, 0.25) is 0 Å². The molecule has 5 heteroatoms. The molecule has 0 radical (unpaired) electrons. The van der Waals surface area contributed by atoms with E-state index in [1.54, 1.807) is 18.3 Å². The van der Waals surface area contributed by atoms with E-state index < -0.39 is 0 Å². The lowest BCUT2D eigenvalue weighted by Crippen LogP contribution is -2.50. The lowest BCUT2D eigenvalue weighted by molar-refractivity contribution is -0.0462. The van der Waals surface area contributed by atoms with Gasteiger partial charge in [0, 0.05) is 25.3 Å². The molecule has 1 amide bonds. The SMILES string of the molecule is O=C(NC[C@H]1CN2CCC[C@H]2CO1)c1ccccn1. The van der Waals surface area contributed by atoms with E-state index in [2.05, 4.69) is 15.2 Å². The Kier molecular flexibility index (Phi) is 3.75. The molecule has 0 unspecified atom stereocenters. The molecule has 3 rings (SSSR count). The normalized spacial score (nSPS) is 26.9. The number of hydrogen-bond acceptors (Lipinski definition) is 4. The molecule has 2 aliphatic heterocycles. The summed E-state index contributed by atoms with van der Waals surface area (Å²) in [6.45, 7) is 3.44. The summed E-state index contributed by atoms with van der Waals surface area (Å²) in [7, 11) is 0. The summed E-state index contributed by atoms with van der Waals surface area (Å²) in [5.41, 5.74) is 0.456. The standard InChI is InChI=1S/C14H19N3O2/c18-14(13-5-1-2-6-15-13)16-8-12-9-17-7-3-4-11(17)10-19-12/h1-2,5-6,11-12H,3-4,7-10H2,(H,16,18)/t11-,12-/m0/s1. The van der Waals surface area contributed by atoms with E-state index in [0.29, 0.717) is 18.3 Å². The highest BCUT2D eigenvalue weighted by molar-refractivity contribution is 5.92. The number of nitrogens with zero attached hydrogens (tertiary/aromatic N) is 2. The van der Waals surface area contributed by atoms with Crippen LogP contribution in [0, 0.1) is 0 Å². The van der Waals surface area contributed by atoms with E-state index in [1.165, 1.54) is 19.4 Å². The summed E-state index contributed by atoms with van der Waals surface area (Å²) >= 11 is 0. The summed E-state index contributed by atoms with van der Waals surface area (Å²) in [5.74, 6) is -0.132. The van der Waals surface area contributed by atoms with Crippen LogP contribution in [0.1, 0.15) is 23.3 Å². The predicted molar refractivity (Wildman–Crippen MR) is 70.9 cm³/mol. The number of nitrogens with one attached hydrogen (secondary N) is 1. The highest BCUT2D eigenvalue weighted by Crippen LogP contribution is 2.22. The lowest BCUT2D eigenvalue weighted by Gasteiger charge is -2.35. The van der Waals surface area contributed by atoms with Crippen molar-refractivity contribution in [2.24, 2.45) is 0 Å². The fraction of sp³-hybridized carbons (Fsp3) is 0.571. The van der Waals surface area contributed by atoms with Gasteiger partial charge in [0.25, 0.3) is 5.91 Å². The van der Waals surface area contributed by atoms with E-state index in [-0.39, 0.29) is 12.0 Å². The van der Waals surface area contributed by atoms with Crippen LogP contribution in [-0.4, -0.2) is 54.2 Å². The summed E-state index contributed by atoms with van der Waals surface area (Å²) in [6, 6.07) is 5.93. The smallest absolute Gasteiger partial charge is 0.269 e. The van der Waals surface area contributed by atoms with Crippen LogP contribution in [0.4, 0.5) is 0 Å². The van der Waals surface area contributed by atoms with Gasteiger partial charge in [-0.25, -0.2) is 0 Å². The van der Waals surface area contributed by atoms with Gasteiger partial charge in [-0.2, -0.15) is 0 Å². The van der Waals surface area contributed by atoms with Gasteiger partial charge >= 0.3 is 0 Å². The van der Waals surface area contributed by atoms with Crippen molar-refractivity contribution in [2.45, 2.75) is 25.0 Å². The van der Waals surface area contributed by atoms with E-state index in [1.807, 2.05) is 6.07 Å². The average Bonchev–Trinajstić information content (AvgIpc) is 2.93. The van der Waals surface area contributed by atoms with Crippen molar-refractivity contribution in [3.63, 3.8) is 0 Å². The molecule has 19 heavy (non-hydrogen) atoms. The number of fused-ring (bicyclic) bond motifs is 1. The molecule has 0 spiro atoms. The average molecular weight is 261 g/mol. The number of rotatable bonds is 3. The first kappa shape index (κ1) is 12.6. The highest BCUT2D eigenvalue weighted by atomic mass is 16.5. The molecule has 1 N–H and O–H groups in total. The van der Waals surface area contributed by atoms with Crippen LogP contribution < -0.4 is 5.32 Å². The van der Waals surface area contributed by atoms with Gasteiger partial charge < -0.3 is 10.1 Å². The van der Waals surface area contributed by atoms with Gasteiger partial charge in [-0.3, -0.25) is 14.7 Å². The Morgan fingerprint density at radius 2 is 2.47 bits per heavy atom. The maximum absolute atomic E-state index is 11.9. The van der Waals surface area contributed by atoms with Crippen LogP contribution in [0.25, 0.3) is 0 Å². The van der Waals surface area contributed by atoms with Crippen molar-refractivity contribution in [3.8, 4) is 0 Å². The van der Waals surface area contributed by atoms with Crippen LogP contribution in [0.3, 0.4) is 0 Å². The molecule has 2 saturated heterocycles. The number of hydrogen-bond donors (Lipinski definition) is 1. The second kappa shape index (κ2) is 5.67. The van der Waals surface area contributed by atoms with Crippen molar-refractivity contribution in [1.82, 2.24) is 15.2 Å². The Morgan fingerprint density at radius 1 is 1.53 bits per heavy atom. The first-order valence-corrected chi connectivity index (χ1v) is 6.88. The molecule has 0 aromatic carbocycles. The number of amides is 1. The highest BCUT2D eigenvalue weighted by Gasteiger charge is 2.32. The number of ether oxygens (including phenoxy) is 1. The zero-order valence-electron chi connectivity index (χ0n) is 10.9. The van der Waals surface area contributed by atoms with Crippen LogP contribution >= 0.6 is 0 Å². The van der Waals surface area contributed by atoms with Crippen molar-refractivity contribution in [2.75, 3.05) is 26.2 Å². The summed E-state index contributed by atoms with van der Waals surface area (Å²) in [5, 5.41) is 2.90. The van der Waals surface area contributed by atoms with Gasteiger partial charge in [0.15, 0.2) is 0 Å². The first-order chi connectivity index (χ1) is 9.33. The van der Waals surface area contributed by atoms with Crippen LogP contribution in [0.15, 0.2) is 24.4 Å². The molecular weight excluding hydrogens is 242 g/mol. The van der Waals surface area contributed by atoms with Gasteiger partial charge in [-0.05, 0) is 31.5 Å². The van der Waals surface area contributed by atoms with Crippen molar-refractivity contribution in [1.29, 1.82) is 0 Å². The van der Waals surface area contributed by atoms with Gasteiger partial charge in [-0.15, -0.1) is 0 Å². The number of pyridine rings is 1. The molecule has 0 bridgehead atoms. The zero-order valence-corrected chi connectivity index (χ0v) is 10.9. The molecular formula is C14H19N3O2. The molecule has 2 fully saturated rings. The van der Waals surface area contributed by atoms with E-state index in [9.17, 15) is 4.79 Å². The van der Waals surface area contributed by atoms with Gasteiger partial charge in [0.2, 0.25) is 0 Å². The third kappa shape index (κ3) is 2.93. The van der Waals surface area contributed by atoms with Gasteiger partial charge in [0.1, 0.15) is 5.69 Å². The minimum atomic E-state index is -0.132. The number of morpholine rings is 1. The fourth-order valence-corrected chi connectivity index (χ4v) is 2.80. The fourth-order valence-electron chi connectivity index (χ4n) is 2.80. The van der Waals surface area contributed by atoms with Crippen LogP contribution in [-0.2, 0) is 4.74 Å². The Bertz CT molecular complexity index is 438. The predicted octanol–water partition coefficient (Wildman–Crippen LogP) is 0.675. The van der Waals surface area contributed by atoms with Crippen molar-refractivity contribution in [3.05, 3.63) is 30.1 Å². The minimum absolute atomic E-state index is 0.0991. The second-order valence-electron chi connectivity index (χ2n) is 5.17. The number of carbonyl (C=O) groups is 1. The third-order valence-electron chi connectivity index (χ3n) is 3.85. The van der Waals surface area contributed by atoms with E-state index in [0.717, 1.165) is 13.2 Å². The van der Waals surface area contributed by atoms with E-state index >= 15 is 0 Å². The molecule has 5 nitrogen and oxygen atoms in total. The van der Waals surface area contributed by atoms with Gasteiger partial charge in [-0.1, -0.05) is 6.07 Å². The van der Waals surface area contributed by atoms with E-state index in [4.69, 9.17) is 4.74 Å². The minimum Gasteiger partial charge on any atom is -0.373 e. The zero-order chi connectivity index (χ0) is 13.1. The second-order valence-corrected chi connectivity index (χ2v) is 5.17. The molecule has 102 valence electrons. The first-order valence-electron chi connectivity index (χ1n) is 6.88. The molecule has 3 heterocycles. The number of carbonyl (C=O) groups excluding carboxylic acids is 1. The lowest BCUT2D eigenvalue weighted by atomic mass is 10.2. The third-order valence-corrected chi connectivity index (χ3v) is 3.85. The largest absolute Gasteiger partial charge is 0.373 e. The van der Waals surface area contributed by atoms with Crippen molar-refractivity contribution >= 4 is 5.91 Å². The quantitative estimate of drug-likeness (QED) is 0.869. The Hall–Kier alpha value is -1.46. The Balaban J connectivity index is 1.49. The molecule has 1 aromatic rings. The van der Waals surface area contributed by atoms with Crippen LogP contribution in [0.5, 0.6) is 0 Å². The summed E-state index contributed by atoms with van der Waals surface area (Å²) in [6.07, 6.45) is 4.23. The Morgan fingerprint density at radius 3 is 3.32 bits per heavy atom. The topological polar surface area (TPSA) is 54.5 Å². The molecule has 2 atom stereocenters. The molecule has 2 aliphatic rings. The van der Waals surface area contributed by atoms with Crippen molar-refractivity contribution < 1.29 is 9.53 Å². The molecule has 1 aromatic heterocycles. The Labute approximate surface area is 113 Å². The molecule has 0 saturated carbocycles. The summed E-state index contributed by atoms with van der Waals surface area (Å²) < 4.78 is 5.80. The maximum Gasteiger partial charge on any atom is 0.269 e. The summed E-state index contributed by atoms with van der Waals surface area (Å²) in [4.78, 5) is 18.4.